The lowest BCUT2D eigenvalue weighted by Crippen LogP contribution is -2.30. The predicted molar refractivity (Wildman–Crippen MR) is 76.5 cm³/mol. The van der Waals surface area contributed by atoms with Crippen molar-refractivity contribution in [3.63, 3.8) is 0 Å². The maximum absolute atomic E-state index is 3.66. The van der Waals surface area contributed by atoms with Gasteiger partial charge in [-0.05, 0) is 44.7 Å². The van der Waals surface area contributed by atoms with Crippen LogP contribution >= 0.6 is 0 Å². The molecule has 0 aliphatic rings. The van der Waals surface area contributed by atoms with E-state index in [2.05, 4.69) is 50.4 Å². The molecule has 17 heavy (non-hydrogen) atoms. The van der Waals surface area contributed by atoms with Crippen LogP contribution in [0.5, 0.6) is 0 Å². The zero-order valence-electron chi connectivity index (χ0n) is 11.6. The van der Waals surface area contributed by atoms with E-state index < -0.39 is 0 Å². The normalized spacial score (nSPS) is 12.6. The molecule has 1 aromatic rings. The van der Waals surface area contributed by atoms with Gasteiger partial charge in [0.05, 0.1) is 0 Å². The van der Waals surface area contributed by atoms with E-state index in [1.165, 1.54) is 43.2 Å². The van der Waals surface area contributed by atoms with Crippen LogP contribution in [0, 0.1) is 6.92 Å². The van der Waals surface area contributed by atoms with E-state index in [4.69, 9.17) is 0 Å². The number of hydrogen-bond donors (Lipinski definition) is 1. The monoisotopic (exact) mass is 233 g/mol. The highest BCUT2D eigenvalue weighted by atomic mass is 14.9. The summed E-state index contributed by atoms with van der Waals surface area (Å²) in [6.07, 6.45) is 6.26. The first-order chi connectivity index (χ1) is 8.26. The van der Waals surface area contributed by atoms with Gasteiger partial charge >= 0.3 is 0 Å². The van der Waals surface area contributed by atoms with Gasteiger partial charge in [0, 0.05) is 6.04 Å². The molecular weight excluding hydrogens is 206 g/mol. The fourth-order valence-electron chi connectivity index (χ4n) is 2.25. The fraction of sp³-hybridized carbons (Fsp3) is 0.625. The van der Waals surface area contributed by atoms with E-state index in [0.717, 1.165) is 6.54 Å². The maximum atomic E-state index is 3.66. The van der Waals surface area contributed by atoms with Gasteiger partial charge in [-0.1, -0.05) is 50.1 Å². The Hall–Kier alpha value is -0.820. The van der Waals surface area contributed by atoms with Crippen LogP contribution in [0.1, 0.15) is 50.7 Å². The molecule has 0 aromatic heterocycles. The number of hydrogen-bond acceptors (Lipinski definition) is 1. The lowest BCUT2D eigenvalue weighted by Gasteiger charge is -2.17. The van der Waals surface area contributed by atoms with Crippen molar-refractivity contribution in [3.8, 4) is 0 Å². The Labute approximate surface area is 107 Å². The molecular formula is C16H27N. The van der Waals surface area contributed by atoms with Gasteiger partial charge in [-0.3, -0.25) is 0 Å². The standard InChI is InChI=1S/C16H27N/c1-4-7-16(17-12-5-2)11-10-15-9-6-8-14(3)13-15/h6,8-9,13,16-17H,4-5,7,10-12H2,1-3H3. The smallest absolute Gasteiger partial charge is 0.00701 e. The van der Waals surface area contributed by atoms with Crippen molar-refractivity contribution in [3.05, 3.63) is 35.4 Å². The molecule has 0 bridgehead atoms. The highest BCUT2D eigenvalue weighted by Gasteiger charge is 2.06. The molecule has 0 heterocycles. The van der Waals surface area contributed by atoms with Crippen LogP contribution in [0.3, 0.4) is 0 Å². The minimum Gasteiger partial charge on any atom is -0.314 e. The Morgan fingerprint density at radius 3 is 2.59 bits per heavy atom. The van der Waals surface area contributed by atoms with E-state index in [-0.39, 0.29) is 0 Å². The summed E-state index contributed by atoms with van der Waals surface area (Å²) < 4.78 is 0. The van der Waals surface area contributed by atoms with Gasteiger partial charge in [-0.25, -0.2) is 0 Å². The van der Waals surface area contributed by atoms with Gasteiger partial charge in [0.25, 0.3) is 0 Å². The first-order valence-corrected chi connectivity index (χ1v) is 7.05. The average molecular weight is 233 g/mol. The molecule has 0 aliphatic heterocycles. The summed E-state index contributed by atoms with van der Waals surface area (Å²) in [6, 6.07) is 9.58. The zero-order chi connectivity index (χ0) is 12.5. The molecule has 0 fully saturated rings. The van der Waals surface area contributed by atoms with E-state index in [1.807, 2.05) is 0 Å². The summed E-state index contributed by atoms with van der Waals surface area (Å²) in [5.74, 6) is 0. The molecule has 1 N–H and O–H groups in total. The molecule has 96 valence electrons. The van der Waals surface area contributed by atoms with E-state index >= 15 is 0 Å². The third kappa shape index (κ3) is 5.88. The summed E-state index contributed by atoms with van der Waals surface area (Å²) >= 11 is 0. The predicted octanol–water partition coefficient (Wildman–Crippen LogP) is 4.10. The minimum atomic E-state index is 0.695. The van der Waals surface area contributed by atoms with Crippen LogP contribution in [-0.4, -0.2) is 12.6 Å². The summed E-state index contributed by atoms with van der Waals surface area (Å²) in [5, 5.41) is 3.66. The van der Waals surface area contributed by atoms with Crippen molar-refractivity contribution < 1.29 is 0 Å². The third-order valence-corrected chi connectivity index (χ3v) is 3.18. The van der Waals surface area contributed by atoms with Crippen LogP contribution in [-0.2, 0) is 6.42 Å². The van der Waals surface area contributed by atoms with Gasteiger partial charge in [0.15, 0.2) is 0 Å². The third-order valence-electron chi connectivity index (χ3n) is 3.18. The van der Waals surface area contributed by atoms with Crippen molar-refractivity contribution in [1.82, 2.24) is 5.32 Å². The largest absolute Gasteiger partial charge is 0.314 e. The summed E-state index contributed by atoms with van der Waals surface area (Å²) in [5.41, 5.74) is 2.85. The summed E-state index contributed by atoms with van der Waals surface area (Å²) in [4.78, 5) is 0. The second-order valence-electron chi connectivity index (χ2n) is 4.97. The molecule has 1 aromatic carbocycles. The first kappa shape index (κ1) is 14.2. The Bertz CT molecular complexity index is 306. The van der Waals surface area contributed by atoms with Gasteiger partial charge in [-0.2, -0.15) is 0 Å². The van der Waals surface area contributed by atoms with Crippen LogP contribution in [0.2, 0.25) is 0 Å². The van der Waals surface area contributed by atoms with Crippen LogP contribution in [0.4, 0.5) is 0 Å². The van der Waals surface area contributed by atoms with Crippen LogP contribution in [0.15, 0.2) is 24.3 Å². The molecule has 1 atom stereocenters. The van der Waals surface area contributed by atoms with Crippen LogP contribution in [0.25, 0.3) is 0 Å². The van der Waals surface area contributed by atoms with Gasteiger partial charge in [0.2, 0.25) is 0 Å². The molecule has 0 spiro atoms. The molecule has 0 radical (unpaired) electrons. The highest BCUT2D eigenvalue weighted by Crippen LogP contribution is 2.10. The molecule has 1 heteroatoms. The number of rotatable bonds is 8. The van der Waals surface area contributed by atoms with Crippen molar-refractivity contribution >= 4 is 0 Å². The Morgan fingerprint density at radius 1 is 1.12 bits per heavy atom. The molecule has 0 amide bonds. The number of benzene rings is 1. The van der Waals surface area contributed by atoms with E-state index in [9.17, 15) is 0 Å². The Balaban J connectivity index is 2.39. The summed E-state index contributed by atoms with van der Waals surface area (Å²) in [7, 11) is 0. The quantitative estimate of drug-likeness (QED) is 0.713. The highest BCUT2D eigenvalue weighted by molar-refractivity contribution is 5.22. The molecule has 1 rings (SSSR count). The second kappa shape index (κ2) is 8.30. The zero-order valence-corrected chi connectivity index (χ0v) is 11.6. The van der Waals surface area contributed by atoms with Gasteiger partial charge in [-0.15, -0.1) is 0 Å². The van der Waals surface area contributed by atoms with Crippen molar-refractivity contribution in [1.29, 1.82) is 0 Å². The fourth-order valence-corrected chi connectivity index (χ4v) is 2.25. The molecule has 0 saturated heterocycles. The number of nitrogens with one attached hydrogen (secondary N) is 1. The Kier molecular flexibility index (Phi) is 6.95. The molecule has 1 unspecified atom stereocenters. The Morgan fingerprint density at radius 2 is 1.94 bits per heavy atom. The SMILES string of the molecule is CCCNC(CCC)CCc1cccc(C)c1. The van der Waals surface area contributed by atoms with Gasteiger partial charge in [0.1, 0.15) is 0 Å². The average Bonchev–Trinajstić information content (AvgIpc) is 2.33. The van der Waals surface area contributed by atoms with Crippen molar-refractivity contribution in [2.45, 2.75) is 58.9 Å². The molecule has 0 saturated carbocycles. The maximum Gasteiger partial charge on any atom is 0.00701 e. The summed E-state index contributed by atoms with van der Waals surface area (Å²) in [6.45, 7) is 7.82. The van der Waals surface area contributed by atoms with Crippen molar-refractivity contribution in [2.24, 2.45) is 0 Å². The van der Waals surface area contributed by atoms with Crippen LogP contribution < -0.4 is 5.32 Å². The number of aryl methyl sites for hydroxylation is 2. The topological polar surface area (TPSA) is 12.0 Å². The molecule has 1 nitrogen and oxygen atoms in total. The minimum absolute atomic E-state index is 0.695. The molecule has 0 aliphatic carbocycles. The second-order valence-corrected chi connectivity index (χ2v) is 4.97. The van der Waals surface area contributed by atoms with Gasteiger partial charge < -0.3 is 5.32 Å². The van der Waals surface area contributed by atoms with E-state index in [1.54, 1.807) is 0 Å². The lowest BCUT2D eigenvalue weighted by atomic mass is 10.0. The first-order valence-electron chi connectivity index (χ1n) is 7.05. The van der Waals surface area contributed by atoms with E-state index in [0.29, 0.717) is 6.04 Å². The van der Waals surface area contributed by atoms with Crippen molar-refractivity contribution in [2.75, 3.05) is 6.54 Å². The lowest BCUT2D eigenvalue weighted by molar-refractivity contribution is 0.449.